The monoisotopic (exact) mass is 267 g/mol. The lowest BCUT2D eigenvalue weighted by atomic mass is 10.0. The van der Waals surface area contributed by atoms with Crippen LogP contribution in [0.15, 0.2) is 47.0 Å². The largest absolute Gasteiger partial charge is 0.337 e. The van der Waals surface area contributed by atoms with Crippen LogP contribution in [-0.2, 0) is 0 Å². The molecule has 3 aromatic rings. The molecule has 0 spiro atoms. The van der Waals surface area contributed by atoms with Crippen LogP contribution in [0.3, 0.4) is 0 Å². The Labute approximate surface area is 117 Å². The van der Waals surface area contributed by atoms with Gasteiger partial charge in [-0.25, -0.2) is 0 Å². The number of aromatic nitrogens is 2. The molecular weight excluding hydrogens is 250 g/mol. The highest BCUT2D eigenvalue weighted by Crippen LogP contribution is 2.27. The van der Waals surface area contributed by atoms with E-state index in [2.05, 4.69) is 40.6 Å². The van der Waals surface area contributed by atoms with Crippen molar-refractivity contribution in [3.63, 3.8) is 0 Å². The first-order chi connectivity index (χ1) is 9.79. The molecule has 0 aliphatic rings. The summed E-state index contributed by atoms with van der Waals surface area (Å²) in [6.07, 6.45) is 0. The smallest absolute Gasteiger partial charge is 0.243 e. The minimum Gasteiger partial charge on any atom is -0.337 e. The average Bonchev–Trinajstić information content (AvgIpc) is 2.97. The normalized spacial score (nSPS) is 12.7. The van der Waals surface area contributed by atoms with Gasteiger partial charge in [0.15, 0.2) is 0 Å². The molecular formula is C16H17N3O. The van der Waals surface area contributed by atoms with Crippen LogP contribution >= 0.6 is 0 Å². The predicted octanol–water partition coefficient (Wildman–Crippen LogP) is 3.56. The molecule has 0 bridgehead atoms. The van der Waals surface area contributed by atoms with Crippen molar-refractivity contribution in [3.05, 3.63) is 48.4 Å². The molecule has 20 heavy (non-hydrogen) atoms. The zero-order valence-electron chi connectivity index (χ0n) is 11.6. The highest BCUT2D eigenvalue weighted by atomic mass is 16.5. The molecule has 0 aliphatic heterocycles. The molecule has 0 saturated heterocycles. The van der Waals surface area contributed by atoms with E-state index in [4.69, 9.17) is 4.52 Å². The lowest BCUT2D eigenvalue weighted by Crippen LogP contribution is -2.17. The average molecular weight is 267 g/mol. The van der Waals surface area contributed by atoms with Gasteiger partial charge in [0.25, 0.3) is 0 Å². The zero-order valence-corrected chi connectivity index (χ0v) is 11.6. The van der Waals surface area contributed by atoms with E-state index in [1.807, 2.05) is 31.2 Å². The molecule has 2 aromatic carbocycles. The van der Waals surface area contributed by atoms with Crippen molar-refractivity contribution in [2.24, 2.45) is 0 Å². The van der Waals surface area contributed by atoms with Crippen molar-refractivity contribution in [1.29, 1.82) is 0 Å². The Balaban J connectivity index is 2.03. The second-order valence-electron chi connectivity index (χ2n) is 4.76. The Kier molecular flexibility index (Phi) is 3.48. The molecule has 1 N–H and O–H groups in total. The van der Waals surface area contributed by atoms with Crippen LogP contribution in [0, 0.1) is 0 Å². The van der Waals surface area contributed by atoms with Crippen LogP contribution in [0.4, 0.5) is 0 Å². The van der Waals surface area contributed by atoms with Crippen molar-refractivity contribution >= 4 is 10.8 Å². The van der Waals surface area contributed by atoms with Gasteiger partial charge in [0.05, 0.1) is 6.04 Å². The first-order valence-corrected chi connectivity index (χ1v) is 6.84. The maximum Gasteiger partial charge on any atom is 0.243 e. The van der Waals surface area contributed by atoms with Gasteiger partial charge < -0.3 is 9.84 Å². The number of hydrogen-bond acceptors (Lipinski definition) is 4. The molecule has 1 aromatic heterocycles. The minimum absolute atomic E-state index is 0.0660. The molecule has 3 rings (SSSR count). The summed E-state index contributed by atoms with van der Waals surface area (Å²) in [7, 11) is 0. The Morgan fingerprint density at radius 1 is 1.15 bits per heavy atom. The van der Waals surface area contributed by atoms with Crippen molar-refractivity contribution in [3.8, 4) is 11.4 Å². The molecule has 0 fully saturated rings. The molecule has 1 atom stereocenters. The van der Waals surface area contributed by atoms with Gasteiger partial charge in [0.2, 0.25) is 11.7 Å². The topological polar surface area (TPSA) is 51.0 Å². The minimum atomic E-state index is 0.0660. The number of nitrogens with one attached hydrogen (secondary N) is 1. The summed E-state index contributed by atoms with van der Waals surface area (Å²) in [6, 6.07) is 14.4. The Bertz CT molecular complexity index is 715. The molecule has 0 amide bonds. The fourth-order valence-electron chi connectivity index (χ4n) is 2.33. The van der Waals surface area contributed by atoms with Crippen molar-refractivity contribution in [2.75, 3.05) is 6.54 Å². The van der Waals surface area contributed by atoms with E-state index in [0.717, 1.165) is 17.5 Å². The highest BCUT2D eigenvalue weighted by molar-refractivity contribution is 5.94. The van der Waals surface area contributed by atoms with E-state index in [9.17, 15) is 0 Å². The maximum absolute atomic E-state index is 5.36. The standard InChI is InChI=1S/C16H17N3O/c1-3-17-11(2)16-18-15(19-20-16)14-10-6-8-12-7-4-5-9-13(12)14/h4-11,17H,3H2,1-2H3. The van der Waals surface area contributed by atoms with E-state index >= 15 is 0 Å². The Morgan fingerprint density at radius 2 is 1.95 bits per heavy atom. The van der Waals surface area contributed by atoms with E-state index in [0.29, 0.717) is 11.7 Å². The van der Waals surface area contributed by atoms with Gasteiger partial charge in [-0.05, 0) is 24.2 Å². The second-order valence-corrected chi connectivity index (χ2v) is 4.76. The van der Waals surface area contributed by atoms with Gasteiger partial charge in [0, 0.05) is 5.56 Å². The van der Waals surface area contributed by atoms with Gasteiger partial charge >= 0.3 is 0 Å². The molecule has 4 heteroatoms. The van der Waals surface area contributed by atoms with Crippen LogP contribution < -0.4 is 5.32 Å². The van der Waals surface area contributed by atoms with Crippen molar-refractivity contribution in [1.82, 2.24) is 15.5 Å². The zero-order chi connectivity index (χ0) is 13.9. The lowest BCUT2D eigenvalue weighted by molar-refractivity contribution is 0.342. The van der Waals surface area contributed by atoms with Crippen LogP contribution in [0.25, 0.3) is 22.2 Å². The molecule has 1 heterocycles. The van der Waals surface area contributed by atoms with Crippen LogP contribution in [0.5, 0.6) is 0 Å². The van der Waals surface area contributed by atoms with Gasteiger partial charge in [-0.1, -0.05) is 54.5 Å². The summed E-state index contributed by atoms with van der Waals surface area (Å²) in [5, 5.41) is 9.70. The number of nitrogens with zero attached hydrogens (tertiary/aromatic N) is 2. The molecule has 4 nitrogen and oxygen atoms in total. The highest BCUT2D eigenvalue weighted by Gasteiger charge is 2.15. The third-order valence-corrected chi connectivity index (χ3v) is 3.35. The maximum atomic E-state index is 5.36. The first kappa shape index (κ1) is 12.8. The molecule has 0 saturated carbocycles. The summed E-state index contributed by atoms with van der Waals surface area (Å²) in [5.41, 5.74) is 1.00. The quantitative estimate of drug-likeness (QED) is 0.785. The Morgan fingerprint density at radius 3 is 2.80 bits per heavy atom. The molecule has 1 unspecified atom stereocenters. The summed E-state index contributed by atoms with van der Waals surface area (Å²) in [6.45, 7) is 4.94. The van der Waals surface area contributed by atoms with Gasteiger partial charge in [-0.3, -0.25) is 0 Å². The van der Waals surface area contributed by atoms with E-state index in [1.54, 1.807) is 0 Å². The number of benzene rings is 2. The molecule has 0 radical (unpaired) electrons. The van der Waals surface area contributed by atoms with Gasteiger partial charge in [-0.2, -0.15) is 4.98 Å². The van der Waals surface area contributed by atoms with Crippen molar-refractivity contribution in [2.45, 2.75) is 19.9 Å². The summed E-state index contributed by atoms with van der Waals surface area (Å²) < 4.78 is 5.36. The summed E-state index contributed by atoms with van der Waals surface area (Å²) in [5.74, 6) is 1.26. The number of hydrogen-bond donors (Lipinski definition) is 1. The van der Waals surface area contributed by atoms with E-state index < -0.39 is 0 Å². The van der Waals surface area contributed by atoms with Crippen LogP contribution in [-0.4, -0.2) is 16.7 Å². The van der Waals surface area contributed by atoms with Gasteiger partial charge in [0.1, 0.15) is 0 Å². The van der Waals surface area contributed by atoms with Gasteiger partial charge in [-0.15, -0.1) is 0 Å². The third kappa shape index (κ3) is 2.30. The first-order valence-electron chi connectivity index (χ1n) is 6.84. The molecule has 0 aliphatic carbocycles. The van der Waals surface area contributed by atoms with Crippen LogP contribution in [0.2, 0.25) is 0 Å². The number of fused-ring (bicyclic) bond motifs is 1. The number of rotatable bonds is 4. The third-order valence-electron chi connectivity index (χ3n) is 3.35. The Hall–Kier alpha value is -2.20. The fourth-order valence-corrected chi connectivity index (χ4v) is 2.33. The van der Waals surface area contributed by atoms with E-state index in [-0.39, 0.29) is 6.04 Å². The van der Waals surface area contributed by atoms with Crippen LogP contribution in [0.1, 0.15) is 25.8 Å². The fraction of sp³-hybridized carbons (Fsp3) is 0.250. The molecule has 102 valence electrons. The van der Waals surface area contributed by atoms with Crippen molar-refractivity contribution < 1.29 is 4.52 Å². The SMILES string of the molecule is CCNC(C)c1nc(-c2cccc3ccccc23)no1. The lowest BCUT2D eigenvalue weighted by Gasteiger charge is -2.05. The predicted molar refractivity (Wildman–Crippen MR) is 79.3 cm³/mol. The van der Waals surface area contributed by atoms with E-state index in [1.165, 1.54) is 5.39 Å². The second kappa shape index (κ2) is 5.43. The summed E-state index contributed by atoms with van der Waals surface area (Å²) >= 11 is 0. The summed E-state index contributed by atoms with van der Waals surface area (Å²) in [4.78, 5) is 4.51.